The van der Waals surface area contributed by atoms with E-state index in [0.29, 0.717) is 6.42 Å². The second-order valence-electron chi connectivity index (χ2n) is 7.05. The molecule has 1 N–H and O–H groups in total. The number of carbonyl (C=O) groups excluding carboxylic acids is 1. The predicted molar refractivity (Wildman–Crippen MR) is 93.7 cm³/mol. The van der Waals surface area contributed by atoms with Crippen molar-refractivity contribution in [2.24, 2.45) is 0 Å². The first kappa shape index (κ1) is 18.0. The molecule has 0 aliphatic carbocycles. The van der Waals surface area contributed by atoms with Crippen molar-refractivity contribution in [1.82, 2.24) is 10.2 Å². The van der Waals surface area contributed by atoms with E-state index in [4.69, 9.17) is 4.74 Å². The van der Waals surface area contributed by atoms with Crippen molar-refractivity contribution in [3.8, 4) is 0 Å². The van der Waals surface area contributed by atoms with Crippen molar-refractivity contribution >= 4 is 5.91 Å². The molecule has 2 rings (SSSR count). The van der Waals surface area contributed by atoms with Crippen LogP contribution in [0.1, 0.15) is 37.8 Å². The van der Waals surface area contributed by atoms with Gasteiger partial charge in [-0.1, -0.05) is 43.7 Å². The zero-order chi connectivity index (χ0) is 16.7. The van der Waals surface area contributed by atoms with Crippen LogP contribution < -0.4 is 5.32 Å². The molecule has 0 saturated carbocycles. The number of nitrogens with zero attached hydrogens (tertiary/aromatic N) is 1. The van der Waals surface area contributed by atoms with Crippen molar-refractivity contribution in [2.75, 3.05) is 39.4 Å². The van der Waals surface area contributed by atoms with Crippen molar-refractivity contribution in [3.63, 3.8) is 0 Å². The maximum Gasteiger partial charge on any atom is 0.220 e. The van der Waals surface area contributed by atoms with Gasteiger partial charge in [-0.15, -0.1) is 0 Å². The maximum absolute atomic E-state index is 12.1. The summed E-state index contributed by atoms with van der Waals surface area (Å²) in [6, 6.07) is 8.62. The number of ether oxygens (including phenoxy) is 1. The lowest BCUT2D eigenvalue weighted by Gasteiger charge is -2.27. The van der Waals surface area contributed by atoms with E-state index in [1.54, 1.807) is 0 Å². The van der Waals surface area contributed by atoms with Gasteiger partial charge in [-0.2, -0.15) is 0 Å². The SMILES string of the molecule is Cc1ccc(C(C)(C)CCC(=O)NCCN2CCOCC2)cc1. The zero-order valence-electron chi connectivity index (χ0n) is 14.7. The number of rotatable bonds is 7. The van der Waals surface area contributed by atoms with E-state index < -0.39 is 0 Å². The molecule has 4 heteroatoms. The van der Waals surface area contributed by atoms with E-state index in [1.807, 2.05) is 0 Å². The summed E-state index contributed by atoms with van der Waals surface area (Å²) < 4.78 is 5.32. The molecule has 1 fully saturated rings. The molecule has 1 aliphatic heterocycles. The summed E-state index contributed by atoms with van der Waals surface area (Å²) in [6.07, 6.45) is 1.43. The third-order valence-electron chi connectivity index (χ3n) is 4.66. The largest absolute Gasteiger partial charge is 0.379 e. The molecule has 0 aromatic heterocycles. The number of morpholine rings is 1. The average molecular weight is 318 g/mol. The fraction of sp³-hybridized carbons (Fsp3) is 0.632. The molecule has 1 aromatic rings. The number of hydrogen-bond donors (Lipinski definition) is 1. The molecule has 1 aromatic carbocycles. The average Bonchev–Trinajstić information content (AvgIpc) is 2.54. The van der Waals surface area contributed by atoms with E-state index in [0.717, 1.165) is 45.8 Å². The van der Waals surface area contributed by atoms with Gasteiger partial charge in [-0.05, 0) is 24.3 Å². The Bertz CT molecular complexity index is 491. The van der Waals surface area contributed by atoms with Crippen LogP contribution in [0.15, 0.2) is 24.3 Å². The van der Waals surface area contributed by atoms with E-state index in [1.165, 1.54) is 11.1 Å². The summed E-state index contributed by atoms with van der Waals surface area (Å²) in [5.41, 5.74) is 2.59. The first-order valence-corrected chi connectivity index (χ1v) is 8.61. The van der Waals surface area contributed by atoms with Crippen LogP contribution in [0.4, 0.5) is 0 Å². The fourth-order valence-corrected chi connectivity index (χ4v) is 2.84. The molecular formula is C19H30N2O2. The Labute approximate surface area is 140 Å². The number of carbonyl (C=O) groups is 1. The number of nitrogens with one attached hydrogen (secondary N) is 1. The Hall–Kier alpha value is -1.39. The van der Waals surface area contributed by atoms with Gasteiger partial charge in [0.25, 0.3) is 0 Å². The quantitative estimate of drug-likeness (QED) is 0.840. The minimum absolute atomic E-state index is 0.0231. The molecule has 0 unspecified atom stereocenters. The first-order chi connectivity index (χ1) is 11.0. The number of amides is 1. The Kier molecular flexibility index (Phi) is 6.60. The Morgan fingerprint density at radius 3 is 2.52 bits per heavy atom. The van der Waals surface area contributed by atoms with Crippen LogP contribution in [0.25, 0.3) is 0 Å². The third kappa shape index (κ3) is 5.96. The van der Waals surface area contributed by atoms with Crippen LogP contribution in [0.5, 0.6) is 0 Å². The van der Waals surface area contributed by atoms with E-state index in [-0.39, 0.29) is 11.3 Å². The molecule has 1 heterocycles. The van der Waals surface area contributed by atoms with Gasteiger partial charge in [-0.25, -0.2) is 0 Å². The number of benzene rings is 1. The summed E-state index contributed by atoms with van der Waals surface area (Å²) in [6.45, 7) is 11.7. The zero-order valence-corrected chi connectivity index (χ0v) is 14.7. The first-order valence-electron chi connectivity index (χ1n) is 8.61. The summed E-state index contributed by atoms with van der Waals surface area (Å²) in [5.74, 6) is 0.151. The molecule has 128 valence electrons. The fourth-order valence-electron chi connectivity index (χ4n) is 2.84. The molecule has 1 aliphatic rings. The van der Waals surface area contributed by atoms with Gasteiger partial charge in [0.2, 0.25) is 5.91 Å². The molecule has 0 spiro atoms. The summed E-state index contributed by atoms with van der Waals surface area (Å²) in [7, 11) is 0. The molecule has 1 amide bonds. The van der Waals surface area contributed by atoms with E-state index in [9.17, 15) is 4.79 Å². The Balaban J connectivity index is 1.69. The standard InChI is InChI=1S/C19H30N2O2/c1-16-4-6-17(7-5-16)19(2,3)9-8-18(22)20-10-11-21-12-14-23-15-13-21/h4-7H,8-15H2,1-3H3,(H,20,22). The molecular weight excluding hydrogens is 288 g/mol. The van der Waals surface area contributed by atoms with Crippen LogP contribution in [0.3, 0.4) is 0 Å². The molecule has 0 bridgehead atoms. The second-order valence-corrected chi connectivity index (χ2v) is 7.05. The molecule has 23 heavy (non-hydrogen) atoms. The highest BCUT2D eigenvalue weighted by atomic mass is 16.5. The van der Waals surface area contributed by atoms with Crippen LogP contribution >= 0.6 is 0 Å². The lowest BCUT2D eigenvalue weighted by Crippen LogP contribution is -2.41. The van der Waals surface area contributed by atoms with E-state index in [2.05, 4.69) is 55.3 Å². The van der Waals surface area contributed by atoms with Crippen LogP contribution in [-0.4, -0.2) is 50.2 Å². The van der Waals surface area contributed by atoms with Gasteiger partial charge in [-0.3, -0.25) is 9.69 Å². The van der Waals surface area contributed by atoms with Gasteiger partial charge in [0.05, 0.1) is 13.2 Å². The van der Waals surface area contributed by atoms with Crippen LogP contribution in [-0.2, 0) is 14.9 Å². The minimum atomic E-state index is 0.0231. The lowest BCUT2D eigenvalue weighted by atomic mass is 9.80. The normalized spacial score (nSPS) is 16.3. The maximum atomic E-state index is 12.1. The molecule has 1 saturated heterocycles. The minimum Gasteiger partial charge on any atom is -0.379 e. The summed E-state index contributed by atoms with van der Waals surface area (Å²) in [4.78, 5) is 14.4. The third-order valence-corrected chi connectivity index (χ3v) is 4.66. The second kappa shape index (κ2) is 8.46. The Morgan fingerprint density at radius 1 is 1.22 bits per heavy atom. The van der Waals surface area contributed by atoms with Crippen LogP contribution in [0.2, 0.25) is 0 Å². The topological polar surface area (TPSA) is 41.6 Å². The highest BCUT2D eigenvalue weighted by Gasteiger charge is 2.21. The van der Waals surface area contributed by atoms with Gasteiger partial charge in [0.15, 0.2) is 0 Å². The van der Waals surface area contributed by atoms with Crippen LogP contribution in [0, 0.1) is 6.92 Å². The van der Waals surface area contributed by atoms with Crippen molar-refractivity contribution < 1.29 is 9.53 Å². The van der Waals surface area contributed by atoms with Gasteiger partial charge in [0.1, 0.15) is 0 Å². The molecule has 0 atom stereocenters. The molecule has 0 radical (unpaired) electrons. The summed E-state index contributed by atoms with van der Waals surface area (Å²) in [5, 5.41) is 3.04. The van der Waals surface area contributed by atoms with Gasteiger partial charge in [0, 0.05) is 32.6 Å². The van der Waals surface area contributed by atoms with Gasteiger partial charge >= 0.3 is 0 Å². The Morgan fingerprint density at radius 2 is 1.87 bits per heavy atom. The lowest BCUT2D eigenvalue weighted by molar-refractivity contribution is -0.121. The predicted octanol–water partition coefficient (Wildman–Crippen LogP) is 2.50. The number of hydrogen-bond acceptors (Lipinski definition) is 3. The highest BCUT2D eigenvalue weighted by Crippen LogP contribution is 2.28. The summed E-state index contributed by atoms with van der Waals surface area (Å²) >= 11 is 0. The van der Waals surface area contributed by atoms with Crippen molar-refractivity contribution in [2.45, 2.75) is 39.0 Å². The monoisotopic (exact) mass is 318 g/mol. The molecule has 4 nitrogen and oxygen atoms in total. The number of aryl methyl sites for hydroxylation is 1. The smallest absolute Gasteiger partial charge is 0.220 e. The van der Waals surface area contributed by atoms with Crippen molar-refractivity contribution in [1.29, 1.82) is 0 Å². The van der Waals surface area contributed by atoms with Gasteiger partial charge < -0.3 is 10.1 Å². The van der Waals surface area contributed by atoms with Crippen molar-refractivity contribution in [3.05, 3.63) is 35.4 Å². The van der Waals surface area contributed by atoms with E-state index >= 15 is 0 Å². The highest BCUT2D eigenvalue weighted by molar-refractivity contribution is 5.76.